The Morgan fingerprint density at radius 3 is 2.32 bits per heavy atom. The van der Waals surface area contributed by atoms with Gasteiger partial charge in [0, 0.05) is 56.9 Å². The minimum atomic E-state index is -4.48. The molecule has 0 saturated carbocycles. The number of para-hydroxylation sites is 1. The van der Waals surface area contributed by atoms with Crippen LogP contribution in [0.2, 0.25) is 0 Å². The molecule has 0 bridgehead atoms. The summed E-state index contributed by atoms with van der Waals surface area (Å²) in [5, 5.41) is 7.33. The Morgan fingerprint density at radius 2 is 1.62 bits per heavy atom. The molecule has 4 aliphatic heterocycles. The maximum absolute atomic E-state index is 14.0. The second kappa shape index (κ2) is 16.0. The highest BCUT2D eigenvalue weighted by Crippen LogP contribution is 2.33. The Balaban J connectivity index is 1.08. The van der Waals surface area contributed by atoms with Gasteiger partial charge in [-0.15, -0.1) is 5.06 Å². The number of piperidine rings is 3. The molecule has 3 fully saturated rings. The summed E-state index contributed by atoms with van der Waals surface area (Å²) < 4.78 is 40.9. The molecule has 0 aliphatic carbocycles. The fraction of sp³-hybridized carbons (Fsp3) is 0.595. The fourth-order valence-electron chi connectivity index (χ4n) is 8.00. The quantitative estimate of drug-likeness (QED) is 0.359. The van der Waals surface area contributed by atoms with Gasteiger partial charge in [0.2, 0.25) is 5.91 Å². The Morgan fingerprint density at radius 1 is 0.920 bits per heavy atom. The second-order valence-corrected chi connectivity index (χ2v) is 14.0. The second-order valence-electron chi connectivity index (χ2n) is 14.0. The topological polar surface area (TPSA) is 97.5 Å². The van der Waals surface area contributed by atoms with Gasteiger partial charge in [0.15, 0.2) is 0 Å². The van der Waals surface area contributed by atoms with E-state index in [1.165, 1.54) is 31.4 Å². The zero-order valence-electron chi connectivity index (χ0n) is 28.9. The van der Waals surface area contributed by atoms with Crippen LogP contribution in [0.3, 0.4) is 0 Å². The Kier molecular flexibility index (Phi) is 11.5. The highest BCUT2D eigenvalue weighted by atomic mass is 19.4. The van der Waals surface area contributed by atoms with Gasteiger partial charge in [-0.2, -0.15) is 13.2 Å². The van der Waals surface area contributed by atoms with E-state index in [9.17, 15) is 27.6 Å². The molecule has 2 aromatic rings. The van der Waals surface area contributed by atoms with E-state index < -0.39 is 23.9 Å². The van der Waals surface area contributed by atoms with Crippen LogP contribution in [0.1, 0.15) is 74.1 Å². The number of hydrogen-bond donors (Lipinski definition) is 2. The van der Waals surface area contributed by atoms with Crippen LogP contribution in [0.5, 0.6) is 0 Å². The summed E-state index contributed by atoms with van der Waals surface area (Å²) >= 11 is 0. The highest BCUT2D eigenvalue weighted by molar-refractivity contribution is 5.91. The summed E-state index contributed by atoms with van der Waals surface area (Å²) in [7, 11) is 0. The zero-order valence-corrected chi connectivity index (χ0v) is 28.9. The number of rotatable bonds is 8. The highest BCUT2D eigenvalue weighted by Gasteiger charge is 2.36. The lowest BCUT2D eigenvalue weighted by atomic mass is 9.96. The predicted molar refractivity (Wildman–Crippen MR) is 183 cm³/mol. The molecule has 4 aliphatic rings. The number of hydroxylamine groups is 2. The first-order valence-corrected chi connectivity index (χ1v) is 18.2. The minimum absolute atomic E-state index is 0.0122. The maximum Gasteiger partial charge on any atom is 0.426 e. The van der Waals surface area contributed by atoms with Gasteiger partial charge < -0.3 is 30.2 Å². The number of fused-ring (bicyclic) bond motifs is 1. The van der Waals surface area contributed by atoms with E-state index in [-0.39, 0.29) is 36.4 Å². The van der Waals surface area contributed by atoms with E-state index >= 15 is 0 Å². The number of nitrogens with zero attached hydrogens (tertiary/aromatic N) is 4. The third-order valence-electron chi connectivity index (χ3n) is 10.8. The summed E-state index contributed by atoms with van der Waals surface area (Å²) in [6.45, 7) is 6.37. The molecule has 0 unspecified atom stereocenters. The molecule has 0 radical (unpaired) electrons. The normalized spacial score (nSPS) is 20.8. The van der Waals surface area contributed by atoms with Crippen LogP contribution in [0.4, 0.5) is 28.4 Å². The Bertz CT molecular complexity index is 1500. The van der Waals surface area contributed by atoms with Crippen molar-refractivity contribution in [2.24, 2.45) is 0 Å². The van der Waals surface area contributed by atoms with Crippen LogP contribution < -0.4 is 10.6 Å². The smallest absolute Gasteiger partial charge is 0.351 e. The van der Waals surface area contributed by atoms with E-state index in [0.29, 0.717) is 57.2 Å². The van der Waals surface area contributed by atoms with Gasteiger partial charge in [0.05, 0.1) is 5.56 Å². The Labute approximate surface area is 292 Å². The lowest BCUT2D eigenvalue weighted by Gasteiger charge is -2.41. The fourth-order valence-corrected chi connectivity index (χ4v) is 8.00. The van der Waals surface area contributed by atoms with Crippen LogP contribution in [0.25, 0.3) is 0 Å². The van der Waals surface area contributed by atoms with Crippen molar-refractivity contribution in [1.82, 2.24) is 25.1 Å². The van der Waals surface area contributed by atoms with E-state index in [0.717, 1.165) is 49.7 Å². The summed E-state index contributed by atoms with van der Waals surface area (Å²) in [5.74, 6) is -0.260. The summed E-state index contributed by atoms with van der Waals surface area (Å²) in [4.78, 5) is 52.1. The SMILES string of the molecule is CCc1cc(C[C@@H](NC(=O)ON2CCC(N3CCc4ccccc4NC3=O)CC2)C(=O)N2CCC(N3CCCCC3)CC2)ccc1C(F)(F)F. The van der Waals surface area contributed by atoms with E-state index in [2.05, 4.69) is 15.5 Å². The van der Waals surface area contributed by atoms with Crippen molar-refractivity contribution in [2.45, 2.75) is 95.4 Å². The van der Waals surface area contributed by atoms with E-state index in [1.807, 2.05) is 29.2 Å². The molecule has 2 aromatic carbocycles. The molecule has 272 valence electrons. The average Bonchev–Trinajstić information content (AvgIpc) is 3.29. The number of benzene rings is 2. The summed E-state index contributed by atoms with van der Waals surface area (Å²) in [6.07, 6.45) is 2.27. The summed E-state index contributed by atoms with van der Waals surface area (Å²) in [6, 6.07) is 11.0. The number of nitrogens with one attached hydrogen (secondary N) is 2. The monoisotopic (exact) mass is 698 g/mol. The number of urea groups is 1. The molecular formula is C37H49F3N6O4. The molecular weight excluding hydrogens is 649 g/mol. The molecule has 2 N–H and O–H groups in total. The van der Waals surface area contributed by atoms with Crippen LogP contribution in [0, 0.1) is 0 Å². The molecule has 1 atom stereocenters. The number of aryl methyl sites for hydroxylation is 1. The van der Waals surface area contributed by atoms with Crippen LogP contribution in [-0.4, -0.2) is 102 Å². The third-order valence-corrected chi connectivity index (χ3v) is 10.8. The number of halogens is 3. The van der Waals surface area contributed by atoms with E-state index in [1.54, 1.807) is 16.9 Å². The molecule has 13 heteroatoms. The Hall–Kier alpha value is -3.84. The average molecular weight is 699 g/mol. The van der Waals surface area contributed by atoms with E-state index in [4.69, 9.17) is 4.84 Å². The summed E-state index contributed by atoms with van der Waals surface area (Å²) in [5.41, 5.74) is 1.92. The van der Waals surface area contributed by atoms with Gasteiger partial charge in [-0.25, -0.2) is 9.59 Å². The minimum Gasteiger partial charge on any atom is -0.351 e. The van der Waals surface area contributed by atoms with Crippen LogP contribution in [0.15, 0.2) is 42.5 Å². The van der Waals surface area contributed by atoms with Crippen LogP contribution in [-0.2, 0) is 35.1 Å². The standard InChI is InChI=1S/C37H49F3N6O4/c1-2-27-24-26(10-11-31(27)37(38,39)40)25-33(34(47)44-19-13-29(14-20-44)43-17-6-3-7-18-43)42-36(49)50-45-21-15-30(16-22-45)46-23-12-28-8-4-5-9-32(28)41-35(46)48/h4-5,8-11,24,29-30,33H,2-3,6-7,12-23,25H2,1H3,(H,41,48)(H,42,49)/t33-/m1/s1. The number of carbonyl (C=O) groups excluding carboxylic acids is 3. The molecule has 6 rings (SSSR count). The van der Waals surface area contributed by atoms with Crippen molar-refractivity contribution < 1.29 is 32.4 Å². The first-order chi connectivity index (χ1) is 24.1. The molecule has 4 heterocycles. The van der Waals surface area contributed by atoms with Gasteiger partial charge in [-0.3, -0.25) is 4.79 Å². The number of alkyl halides is 3. The van der Waals surface area contributed by atoms with Gasteiger partial charge in [-0.1, -0.05) is 43.7 Å². The lowest BCUT2D eigenvalue weighted by Crippen LogP contribution is -2.55. The number of hydrogen-bond acceptors (Lipinski definition) is 6. The molecule has 0 spiro atoms. The van der Waals surface area contributed by atoms with Crippen molar-refractivity contribution in [2.75, 3.05) is 51.1 Å². The van der Waals surface area contributed by atoms with Crippen molar-refractivity contribution in [3.8, 4) is 0 Å². The van der Waals surface area contributed by atoms with Crippen molar-refractivity contribution in [3.63, 3.8) is 0 Å². The van der Waals surface area contributed by atoms with Gasteiger partial charge in [0.25, 0.3) is 0 Å². The lowest BCUT2D eigenvalue weighted by molar-refractivity contribution is -0.138. The predicted octanol–water partition coefficient (Wildman–Crippen LogP) is 5.85. The van der Waals surface area contributed by atoms with Gasteiger partial charge in [-0.05, 0) is 93.3 Å². The van der Waals surface area contributed by atoms with Crippen molar-refractivity contribution in [3.05, 3.63) is 64.7 Å². The van der Waals surface area contributed by atoms with Crippen LogP contribution >= 0.6 is 0 Å². The maximum atomic E-state index is 14.0. The molecule has 4 amide bonds. The third kappa shape index (κ3) is 8.71. The largest absolute Gasteiger partial charge is 0.426 e. The number of carbonyl (C=O) groups is 3. The first kappa shape index (κ1) is 36.0. The zero-order chi connectivity index (χ0) is 35.3. The number of amides is 4. The van der Waals surface area contributed by atoms with Crippen molar-refractivity contribution >= 4 is 23.7 Å². The number of likely N-dealkylation sites (tertiary alicyclic amines) is 2. The molecule has 3 saturated heterocycles. The number of anilines is 1. The molecule has 50 heavy (non-hydrogen) atoms. The molecule has 10 nitrogen and oxygen atoms in total. The molecule has 0 aromatic heterocycles. The first-order valence-electron chi connectivity index (χ1n) is 18.2. The van der Waals surface area contributed by atoms with Gasteiger partial charge in [0.1, 0.15) is 6.04 Å². The van der Waals surface area contributed by atoms with Crippen molar-refractivity contribution in [1.29, 1.82) is 0 Å². The van der Waals surface area contributed by atoms with Gasteiger partial charge >= 0.3 is 18.3 Å².